The number of Topliss-reactive ketones (excluding diaryl/α,β-unsaturated/α-hetero) is 1. The van der Waals surface area contributed by atoms with E-state index in [1.54, 1.807) is 13.1 Å². The van der Waals surface area contributed by atoms with E-state index in [4.69, 9.17) is 21.1 Å². The van der Waals surface area contributed by atoms with Gasteiger partial charge in [0.1, 0.15) is 22.7 Å². The highest BCUT2D eigenvalue weighted by Crippen LogP contribution is 2.35. The number of carbonyl (C=O) groups excluding carboxylic acids is 1. The largest absolute Gasteiger partial charge is 0.489 e. The van der Waals surface area contributed by atoms with Crippen molar-refractivity contribution in [1.82, 2.24) is 4.98 Å². The number of ketones is 1. The summed E-state index contributed by atoms with van der Waals surface area (Å²) in [6.07, 6.45) is 4.23. The molecule has 1 aliphatic heterocycles. The first-order valence-electron chi connectivity index (χ1n) is 10.3. The van der Waals surface area contributed by atoms with Crippen LogP contribution in [0.1, 0.15) is 51.5 Å². The molecule has 0 bridgehead atoms. The summed E-state index contributed by atoms with van der Waals surface area (Å²) < 4.78 is 11.8. The van der Waals surface area contributed by atoms with Gasteiger partial charge in [0.25, 0.3) is 0 Å². The predicted octanol–water partition coefficient (Wildman–Crippen LogP) is 5.26. The number of aromatic nitrogens is 1. The van der Waals surface area contributed by atoms with Crippen molar-refractivity contribution >= 4 is 23.1 Å². The van der Waals surface area contributed by atoms with Gasteiger partial charge in [-0.25, -0.2) is 4.98 Å². The zero-order valence-corrected chi connectivity index (χ0v) is 18.1. The summed E-state index contributed by atoms with van der Waals surface area (Å²) in [7, 11) is 0. The molecule has 0 aliphatic carbocycles. The lowest BCUT2D eigenvalue weighted by Crippen LogP contribution is -2.25. The first-order valence-corrected chi connectivity index (χ1v) is 10.6. The molecule has 29 heavy (non-hydrogen) atoms. The van der Waals surface area contributed by atoms with Crippen LogP contribution in [0.2, 0.25) is 5.02 Å². The van der Waals surface area contributed by atoms with E-state index >= 15 is 0 Å². The first-order chi connectivity index (χ1) is 14.0. The van der Waals surface area contributed by atoms with Gasteiger partial charge in [-0.1, -0.05) is 37.6 Å². The summed E-state index contributed by atoms with van der Waals surface area (Å²) in [6, 6.07) is 10.0. The molecule has 156 valence electrons. The molecule has 1 fully saturated rings. The van der Waals surface area contributed by atoms with Gasteiger partial charge in [-0.3, -0.25) is 0 Å². The summed E-state index contributed by atoms with van der Waals surface area (Å²) in [5.74, 6) is 1.78. The number of anilines is 1. The monoisotopic (exact) mass is 416 g/mol. The van der Waals surface area contributed by atoms with Crippen LogP contribution < -0.4 is 14.4 Å². The number of hydrogen-bond acceptors (Lipinski definition) is 5. The minimum absolute atomic E-state index is 0.0970. The number of rotatable bonds is 9. The third-order valence-corrected chi connectivity index (χ3v) is 5.47. The van der Waals surface area contributed by atoms with E-state index in [1.165, 1.54) is 0 Å². The predicted molar refractivity (Wildman–Crippen MR) is 116 cm³/mol. The Morgan fingerprint density at radius 2 is 2.07 bits per heavy atom. The van der Waals surface area contributed by atoms with Crippen LogP contribution in [-0.4, -0.2) is 36.6 Å². The highest BCUT2D eigenvalue weighted by Gasteiger charge is 2.27. The first kappa shape index (κ1) is 21.4. The standard InChI is InChI=1S/C23H29ClN2O3/c1-4-13-28-23-22(24)21(9-11-25-23)26-12-10-20(15-26)29-19-7-5-18(6-8-19)16(2)14-17(3)27/h5-9,11,16,20H,4,10,12-15H2,1-3H3/t16-,20-/m1/s1. The molecular weight excluding hydrogens is 388 g/mol. The molecule has 2 heterocycles. The van der Waals surface area contributed by atoms with Crippen LogP contribution in [-0.2, 0) is 4.79 Å². The maximum Gasteiger partial charge on any atom is 0.234 e. The van der Waals surface area contributed by atoms with E-state index in [0.717, 1.165) is 42.9 Å². The molecule has 0 amide bonds. The van der Waals surface area contributed by atoms with Crippen LogP contribution in [0.15, 0.2) is 36.5 Å². The van der Waals surface area contributed by atoms with Gasteiger partial charge in [-0.2, -0.15) is 0 Å². The smallest absolute Gasteiger partial charge is 0.234 e. The molecule has 0 N–H and O–H groups in total. The van der Waals surface area contributed by atoms with Crippen molar-refractivity contribution < 1.29 is 14.3 Å². The third-order valence-electron chi connectivity index (χ3n) is 5.11. The van der Waals surface area contributed by atoms with Gasteiger partial charge in [0.05, 0.1) is 18.8 Å². The van der Waals surface area contributed by atoms with Crippen LogP contribution in [0.4, 0.5) is 5.69 Å². The normalized spacial score (nSPS) is 17.2. The van der Waals surface area contributed by atoms with Crippen molar-refractivity contribution in [1.29, 1.82) is 0 Å². The fourth-order valence-electron chi connectivity index (χ4n) is 3.62. The summed E-state index contributed by atoms with van der Waals surface area (Å²) in [5.41, 5.74) is 2.09. The van der Waals surface area contributed by atoms with Crippen molar-refractivity contribution in [2.75, 3.05) is 24.6 Å². The van der Waals surface area contributed by atoms with E-state index in [1.807, 2.05) is 30.3 Å². The third kappa shape index (κ3) is 5.63. The van der Waals surface area contributed by atoms with Gasteiger partial charge in [-0.05, 0) is 43.0 Å². The van der Waals surface area contributed by atoms with Crippen LogP contribution in [0.5, 0.6) is 11.6 Å². The molecule has 1 aromatic heterocycles. The Kier molecular flexibility index (Phi) is 7.37. The zero-order valence-electron chi connectivity index (χ0n) is 17.4. The van der Waals surface area contributed by atoms with Gasteiger partial charge in [-0.15, -0.1) is 0 Å². The molecule has 2 atom stereocenters. The maximum absolute atomic E-state index is 11.3. The Bertz CT molecular complexity index is 825. The highest BCUT2D eigenvalue weighted by molar-refractivity contribution is 6.34. The lowest BCUT2D eigenvalue weighted by Gasteiger charge is -2.21. The Labute approximate surface area is 178 Å². The Morgan fingerprint density at radius 3 is 2.76 bits per heavy atom. The number of pyridine rings is 1. The number of benzene rings is 1. The Balaban J connectivity index is 1.60. The minimum atomic E-state index is 0.0970. The van der Waals surface area contributed by atoms with E-state index in [2.05, 4.69) is 23.7 Å². The van der Waals surface area contributed by atoms with Crippen molar-refractivity contribution in [3.05, 3.63) is 47.1 Å². The van der Waals surface area contributed by atoms with Crippen LogP contribution >= 0.6 is 11.6 Å². The average molecular weight is 417 g/mol. The molecule has 3 rings (SSSR count). The van der Waals surface area contributed by atoms with E-state index in [9.17, 15) is 4.79 Å². The fraction of sp³-hybridized carbons (Fsp3) is 0.478. The molecule has 1 aromatic carbocycles. The van der Waals surface area contributed by atoms with E-state index in [0.29, 0.717) is 23.9 Å². The second-order valence-corrected chi connectivity index (χ2v) is 8.03. The number of hydrogen-bond donors (Lipinski definition) is 0. The van der Waals surface area contributed by atoms with Crippen LogP contribution in [0.25, 0.3) is 0 Å². The van der Waals surface area contributed by atoms with Crippen LogP contribution in [0.3, 0.4) is 0 Å². The summed E-state index contributed by atoms with van der Waals surface area (Å²) in [6.45, 7) is 7.99. The molecule has 0 saturated carbocycles. The molecule has 0 spiro atoms. The quantitative estimate of drug-likeness (QED) is 0.557. The molecule has 0 unspecified atom stereocenters. The molecule has 6 heteroatoms. The highest BCUT2D eigenvalue weighted by atomic mass is 35.5. The number of ether oxygens (including phenoxy) is 2. The molecule has 5 nitrogen and oxygen atoms in total. The van der Waals surface area contributed by atoms with Crippen LogP contribution in [0, 0.1) is 0 Å². The summed E-state index contributed by atoms with van der Waals surface area (Å²) in [5, 5.41) is 0.561. The van der Waals surface area contributed by atoms with E-state index < -0.39 is 0 Å². The lowest BCUT2D eigenvalue weighted by atomic mass is 9.96. The van der Waals surface area contributed by atoms with Crippen molar-refractivity contribution in [3.8, 4) is 11.6 Å². The maximum atomic E-state index is 11.3. The molecule has 0 radical (unpaired) electrons. The molecule has 1 aliphatic rings. The Hall–Kier alpha value is -2.27. The molecule has 1 saturated heterocycles. The summed E-state index contributed by atoms with van der Waals surface area (Å²) in [4.78, 5) is 17.8. The lowest BCUT2D eigenvalue weighted by molar-refractivity contribution is -0.117. The summed E-state index contributed by atoms with van der Waals surface area (Å²) >= 11 is 6.52. The van der Waals surface area contributed by atoms with Gasteiger partial charge in [0.15, 0.2) is 0 Å². The SMILES string of the molecule is CCCOc1nccc(N2CC[C@@H](Oc3ccc([C@H](C)CC(C)=O)cc3)C2)c1Cl. The molecule has 2 aromatic rings. The van der Waals surface area contributed by atoms with Crippen molar-refractivity contribution in [2.24, 2.45) is 0 Å². The second-order valence-electron chi connectivity index (χ2n) is 7.65. The van der Waals surface area contributed by atoms with E-state index in [-0.39, 0.29) is 17.8 Å². The van der Waals surface area contributed by atoms with Crippen molar-refractivity contribution in [2.45, 2.75) is 52.1 Å². The fourth-order valence-corrected chi connectivity index (χ4v) is 3.90. The average Bonchev–Trinajstić information content (AvgIpc) is 3.15. The molecular formula is C23H29ClN2O3. The Morgan fingerprint density at radius 1 is 1.31 bits per heavy atom. The van der Waals surface area contributed by atoms with Gasteiger partial charge in [0.2, 0.25) is 5.88 Å². The number of carbonyl (C=O) groups is 1. The zero-order chi connectivity index (χ0) is 20.8. The number of halogens is 1. The van der Waals surface area contributed by atoms with Gasteiger partial charge >= 0.3 is 0 Å². The van der Waals surface area contributed by atoms with Gasteiger partial charge < -0.3 is 19.2 Å². The van der Waals surface area contributed by atoms with Gasteiger partial charge in [0, 0.05) is 25.6 Å². The number of nitrogens with zero attached hydrogens (tertiary/aromatic N) is 2. The minimum Gasteiger partial charge on any atom is -0.489 e. The second kappa shape index (κ2) is 9.97. The topological polar surface area (TPSA) is 51.7 Å². The van der Waals surface area contributed by atoms with Crippen molar-refractivity contribution in [3.63, 3.8) is 0 Å².